The summed E-state index contributed by atoms with van der Waals surface area (Å²) in [5, 5.41) is 46.5. The van der Waals surface area contributed by atoms with Crippen LogP contribution in [-0.4, -0.2) is 33.6 Å². The number of hydrogen-bond donors (Lipinski definition) is 4. The third-order valence-electron chi connectivity index (χ3n) is 10.1. The fourth-order valence-electron chi connectivity index (χ4n) is 7.44. The van der Waals surface area contributed by atoms with Crippen LogP contribution in [0.3, 0.4) is 0 Å². The van der Waals surface area contributed by atoms with Gasteiger partial charge in [0, 0.05) is 38.5 Å². The minimum Gasteiger partial charge on any atom is -0.507 e. The first kappa shape index (κ1) is 36.0. The van der Waals surface area contributed by atoms with Crippen LogP contribution in [0.5, 0.6) is 34.5 Å². The van der Waals surface area contributed by atoms with Crippen LogP contribution in [0.1, 0.15) is 66.8 Å². The Labute approximate surface area is 316 Å². The Morgan fingerprint density at radius 3 is 0.741 bits per heavy atom. The zero-order chi connectivity index (χ0) is 37.6. The monoisotopic (exact) mass is 716 g/mol. The number of benzene rings is 6. The molecule has 0 unspecified atom stereocenters. The van der Waals surface area contributed by atoms with E-state index in [0.29, 0.717) is 85.5 Å². The summed E-state index contributed by atoms with van der Waals surface area (Å²) >= 11 is 0. The first-order valence-electron chi connectivity index (χ1n) is 18.2. The van der Waals surface area contributed by atoms with Crippen molar-refractivity contribution in [2.45, 2.75) is 38.5 Å². The van der Waals surface area contributed by atoms with Crippen molar-refractivity contribution in [3.05, 3.63) is 201 Å². The van der Waals surface area contributed by atoms with Gasteiger partial charge in [0.2, 0.25) is 0 Å². The third-order valence-corrected chi connectivity index (χ3v) is 10.1. The quantitative estimate of drug-likeness (QED) is 0.128. The molecule has 6 aromatic rings. The molecule has 0 saturated carbocycles. The van der Waals surface area contributed by atoms with Gasteiger partial charge in [-0.1, -0.05) is 135 Å². The molecule has 0 saturated heterocycles. The fourth-order valence-corrected chi connectivity index (χ4v) is 7.44. The minimum absolute atomic E-state index is 0.168. The molecule has 0 radical (unpaired) electrons. The van der Waals surface area contributed by atoms with Gasteiger partial charge < -0.3 is 29.9 Å². The maximum absolute atomic E-state index is 11.6. The first-order valence-corrected chi connectivity index (χ1v) is 18.2. The number of phenolic OH excluding ortho intramolecular Hbond substituents is 4. The van der Waals surface area contributed by atoms with Gasteiger partial charge in [-0.3, -0.25) is 0 Å². The van der Waals surface area contributed by atoms with E-state index in [9.17, 15) is 20.4 Å². The lowest BCUT2D eigenvalue weighted by atomic mass is 9.91. The van der Waals surface area contributed by atoms with E-state index in [4.69, 9.17) is 9.47 Å². The predicted molar refractivity (Wildman–Crippen MR) is 214 cm³/mol. The average molecular weight is 717 g/mol. The number of phenols is 4. The van der Waals surface area contributed by atoms with Crippen LogP contribution in [0.2, 0.25) is 0 Å². The molecule has 1 aliphatic rings. The van der Waals surface area contributed by atoms with Gasteiger partial charge in [0.05, 0.1) is 0 Å². The minimum atomic E-state index is 0.168. The Morgan fingerprint density at radius 1 is 0.352 bits per heavy atom. The zero-order valence-electron chi connectivity index (χ0n) is 30.2. The Kier molecular flexibility index (Phi) is 10.7. The second kappa shape index (κ2) is 16.1. The van der Waals surface area contributed by atoms with Crippen molar-refractivity contribution < 1.29 is 29.9 Å². The SMILES string of the molecule is C=CCOc1c2cccc1Cc1cccc(c1O)Cc1cccc(c1O)Cc1cccc(c1OCC=C)Cc1cccc(c1O)Cc1cccc(c1O)C2. The average Bonchev–Trinajstić information content (AvgIpc) is 3.17. The molecule has 0 heterocycles. The summed E-state index contributed by atoms with van der Waals surface area (Å²) in [4.78, 5) is 0. The molecule has 272 valence electrons. The standard InChI is InChI=1S/C48H44O6/c1-3-23-53-47-39-19-9-20-40(47)28-36-16-6-12-32(44(36)50)26-34-14-8-18-38(46(34)52)30-42-22-10-21-41(48(42)54-24-4-2)29-37-17-7-13-33(45(37)51)25-31-11-5-15-35(27-39)43(31)49/h3-22,49-52H,1-2,23-30H2. The number of rotatable bonds is 6. The molecule has 0 aromatic heterocycles. The molecule has 0 atom stereocenters. The first-order chi connectivity index (χ1) is 26.3. The van der Waals surface area contributed by atoms with Crippen molar-refractivity contribution in [3.63, 3.8) is 0 Å². The Morgan fingerprint density at radius 2 is 0.537 bits per heavy atom. The molecule has 12 bridgehead atoms. The molecule has 0 aliphatic heterocycles. The van der Waals surface area contributed by atoms with Crippen molar-refractivity contribution >= 4 is 0 Å². The van der Waals surface area contributed by atoms with Crippen LogP contribution in [0, 0.1) is 0 Å². The van der Waals surface area contributed by atoms with Crippen LogP contribution in [-0.2, 0) is 38.5 Å². The second-order valence-corrected chi connectivity index (χ2v) is 13.8. The molecule has 54 heavy (non-hydrogen) atoms. The molecular formula is C48H44O6. The van der Waals surface area contributed by atoms with Crippen molar-refractivity contribution in [1.29, 1.82) is 0 Å². The Bertz CT molecular complexity index is 2030. The van der Waals surface area contributed by atoms with Crippen LogP contribution in [0.25, 0.3) is 0 Å². The Balaban J connectivity index is 1.38. The van der Waals surface area contributed by atoms with E-state index in [1.807, 2.05) is 109 Å². The van der Waals surface area contributed by atoms with Crippen LogP contribution in [0.15, 0.2) is 135 Å². The van der Waals surface area contributed by atoms with Gasteiger partial charge in [-0.15, -0.1) is 0 Å². The highest BCUT2D eigenvalue weighted by atomic mass is 16.5. The molecule has 4 N–H and O–H groups in total. The van der Waals surface area contributed by atoms with E-state index in [-0.39, 0.29) is 23.0 Å². The fraction of sp³-hybridized carbons (Fsp3) is 0.167. The van der Waals surface area contributed by atoms with Gasteiger partial charge in [-0.05, 0) is 66.8 Å². The zero-order valence-corrected chi connectivity index (χ0v) is 30.2. The lowest BCUT2D eigenvalue weighted by Gasteiger charge is -2.19. The molecular weight excluding hydrogens is 673 g/mol. The summed E-state index contributed by atoms with van der Waals surface area (Å²) in [5.74, 6) is 2.03. The molecule has 0 fully saturated rings. The van der Waals surface area contributed by atoms with Crippen LogP contribution in [0.4, 0.5) is 0 Å². The van der Waals surface area contributed by atoms with E-state index in [0.717, 1.165) is 44.5 Å². The number of hydrogen-bond acceptors (Lipinski definition) is 6. The van der Waals surface area contributed by atoms with Gasteiger partial charge in [0.25, 0.3) is 0 Å². The second-order valence-electron chi connectivity index (χ2n) is 13.8. The largest absolute Gasteiger partial charge is 0.507 e. The van der Waals surface area contributed by atoms with Gasteiger partial charge in [0.15, 0.2) is 0 Å². The maximum atomic E-state index is 11.6. The summed E-state index contributed by atoms with van der Waals surface area (Å²) < 4.78 is 12.6. The van der Waals surface area contributed by atoms with E-state index in [2.05, 4.69) is 13.2 Å². The van der Waals surface area contributed by atoms with Crippen molar-refractivity contribution in [2.75, 3.05) is 13.2 Å². The van der Waals surface area contributed by atoms with E-state index in [1.165, 1.54) is 0 Å². The lowest BCUT2D eigenvalue weighted by Crippen LogP contribution is -2.05. The van der Waals surface area contributed by atoms with Gasteiger partial charge in [0.1, 0.15) is 47.7 Å². The predicted octanol–water partition coefficient (Wildman–Crippen LogP) is 9.50. The lowest BCUT2D eigenvalue weighted by molar-refractivity contribution is 0.356. The molecule has 1 aliphatic carbocycles. The molecule has 6 aromatic carbocycles. The van der Waals surface area contributed by atoms with Crippen molar-refractivity contribution in [3.8, 4) is 34.5 Å². The smallest absolute Gasteiger partial charge is 0.126 e. The molecule has 6 heteroatoms. The maximum Gasteiger partial charge on any atom is 0.126 e. The molecule has 0 amide bonds. The number of para-hydroxylation sites is 6. The van der Waals surface area contributed by atoms with Gasteiger partial charge >= 0.3 is 0 Å². The molecule has 6 nitrogen and oxygen atoms in total. The summed E-state index contributed by atoms with van der Waals surface area (Å²) in [6.45, 7) is 8.28. The van der Waals surface area contributed by atoms with E-state index in [1.54, 1.807) is 12.2 Å². The van der Waals surface area contributed by atoms with E-state index < -0.39 is 0 Å². The number of aromatic hydroxyl groups is 4. The molecule has 7 rings (SSSR count). The summed E-state index contributed by atoms with van der Waals surface area (Å²) in [6.07, 6.45) is 5.64. The number of fused-ring (bicyclic) bond motifs is 12. The van der Waals surface area contributed by atoms with Gasteiger partial charge in [-0.2, -0.15) is 0 Å². The highest BCUT2D eigenvalue weighted by molar-refractivity contribution is 5.56. The van der Waals surface area contributed by atoms with E-state index >= 15 is 0 Å². The highest BCUT2D eigenvalue weighted by Gasteiger charge is 2.20. The van der Waals surface area contributed by atoms with Gasteiger partial charge in [-0.25, -0.2) is 0 Å². The topological polar surface area (TPSA) is 99.4 Å². The van der Waals surface area contributed by atoms with Crippen LogP contribution < -0.4 is 9.47 Å². The summed E-state index contributed by atoms with van der Waals surface area (Å²) in [6, 6.07) is 34.7. The van der Waals surface area contributed by atoms with Crippen molar-refractivity contribution in [1.82, 2.24) is 0 Å². The Hall–Kier alpha value is -6.40. The highest BCUT2D eigenvalue weighted by Crippen LogP contribution is 2.39. The van der Waals surface area contributed by atoms with Crippen molar-refractivity contribution in [2.24, 2.45) is 0 Å². The summed E-state index contributed by atoms with van der Waals surface area (Å²) in [7, 11) is 0. The normalized spacial score (nSPS) is 12.6. The summed E-state index contributed by atoms with van der Waals surface area (Å²) in [5.41, 5.74) is 9.23. The third kappa shape index (κ3) is 7.55. The number of ether oxygens (including phenoxy) is 2. The molecule has 0 spiro atoms. The van der Waals surface area contributed by atoms with Crippen LogP contribution >= 0.6 is 0 Å².